The van der Waals surface area contributed by atoms with E-state index in [4.69, 9.17) is 11.6 Å². The molecule has 0 spiro atoms. The molecule has 0 aliphatic carbocycles. The summed E-state index contributed by atoms with van der Waals surface area (Å²) in [7, 11) is -3.59. The first-order valence-electron chi connectivity index (χ1n) is 6.89. The molecule has 8 heteroatoms. The summed E-state index contributed by atoms with van der Waals surface area (Å²) >= 11 is 8.05. The molecule has 0 aliphatic heterocycles. The average molecular weight is 398 g/mol. The number of hydrogen-bond donors (Lipinski definition) is 1. The molecule has 124 valence electrons. The second-order valence-electron chi connectivity index (χ2n) is 4.84. The first-order chi connectivity index (χ1) is 11.5. The molecule has 0 bridgehead atoms. The third-order valence-corrected chi connectivity index (χ3v) is 7.38. The minimum Gasteiger partial charge on any atom is -0.288 e. The zero-order valence-electron chi connectivity index (χ0n) is 12.2. The smallest absolute Gasteiger partial charge is 0.250 e. The van der Waals surface area contributed by atoms with E-state index in [1.54, 1.807) is 30.3 Å². The molecule has 0 fully saturated rings. The predicted molar refractivity (Wildman–Crippen MR) is 97.5 cm³/mol. The Labute approximate surface area is 152 Å². The van der Waals surface area contributed by atoms with Crippen molar-refractivity contribution in [3.63, 3.8) is 0 Å². The maximum atomic E-state index is 12.3. The van der Waals surface area contributed by atoms with Gasteiger partial charge in [0.2, 0.25) is 15.8 Å². The van der Waals surface area contributed by atoms with Gasteiger partial charge in [0.25, 0.3) is 0 Å². The predicted octanol–water partition coefficient (Wildman–Crippen LogP) is 4.17. The number of hydrogen-bond acceptors (Lipinski definition) is 5. The Kier molecular flexibility index (Phi) is 5.17. The van der Waals surface area contributed by atoms with Gasteiger partial charge in [-0.25, -0.2) is 13.1 Å². The number of benzene rings is 1. The number of carbonyl (C=O) groups excluding carboxylic acids is 1. The normalized spacial score (nSPS) is 11.5. The summed E-state index contributed by atoms with van der Waals surface area (Å²) in [6.07, 6.45) is 0. The molecule has 2 heterocycles. The number of nitrogens with one attached hydrogen (secondary N) is 1. The monoisotopic (exact) mass is 397 g/mol. The Balaban J connectivity index is 1.70. The summed E-state index contributed by atoms with van der Waals surface area (Å²) in [4.78, 5) is 13.7. The molecular weight excluding hydrogens is 386 g/mol. The van der Waals surface area contributed by atoms with Gasteiger partial charge in [0, 0.05) is 17.0 Å². The Morgan fingerprint density at radius 2 is 1.75 bits per heavy atom. The van der Waals surface area contributed by atoms with Crippen molar-refractivity contribution >= 4 is 50.1 Å². The average Bonchev–Trinajstić information content (AvgIpc) is 3.22. The van der Waals surface area contributed by atoms with Crippen LogP contribution in [0.2, 0.25) is 4.34 Å². The minimum atomic E-state index is -3.59. The van der Waals surface area contributed by atoms with Crippen molar-refractivity contribution in [1.29, 1.82) is 0 Å². The number of rotatable bonds is 6. The van der Waals surface area contributed by atoms with E-state index in [2.05, 4.69) is 4.72 Å². The Hall–Kier alpha value is -1.51. The van der Waals surface area contributed by atoms with Crippen LogP contribution in [0.4, 0.5) is 0 Å². The molecule has 3 rings (SSSR count). The summed E-state index contributed by atoms with van der Waals surface area (Å²) in [6.45, 7) is 0.130. The van der Waals surface area contributed by atoms with Crippen LogP contribution in [-0.4, -0.2) is 14.2 Å². The quantitative estimate of drug-likeness (QED) is 0.635. The molecule has 1 aromatic carbocycles. The number of halogens is 1. The van der Waals surface area contributed by atoms with E-state index < -0.39 is 10.0 Å². The standard InChI is InChI=1S/C16H12ClNO3S3/c17-14-8-9-15(23-14)24(20,21)18-10-12-6-7-13(22-12)16(19)11-4-2-1-3-5-11/h1-9,18H,10H2. The SMILES string of the molecule is O=C(c1ccccc1)c1ccc(CNS(=O)(=O)c2ccc(Cl)s2)s1. The van der Waals surface area contributed by atoms with Crippen molar-refractivity contribution in [3.05, 3.63) is 74.3 Å². The van der Waals surface area contributed by atoms with Crippen molar-refractivity contribution in [2.75, 3.05) is 0 Å². The molecule has 0 saturated carbocycles. The maximum absolute atomic E-state index is 12.3. The Morgan fingerprint density at radius 3 is 2.42 bits per heavy atom. The van der Waals surface area contributed by atoms with Crippen LogP contribution in [0.15, 0.2) is 58.8 Å². The fourth-order valence-corrected chi connectivity index (χ4v) is 5.54. The Morgan fingerprint density at radius 1 is 1.00 bits per heavy atom. The van der Waals surface area contributed by atoms with Gasteiger partial charge in [-0.2, -0.15) is 0 Å². The summed E-state index contributed by atoms with van der Waals surface area (Å²) in [6, 6.07) is 15.5. The van der Waals surface area contributed by atoms with E-state index in [9.17, 15) is 13.2 Å². The van der Waals surface area contributed by atoms with E-state index in [-0.39, 0.29) is 16.5 Å². The van der Waals surface area contributed by atoms with Gasteiger partial charge in [-0.3, -0.25) is 4.79 Å². The summed E-state index contributed by atoms with van der Waals surface area (Å²) in [5, 5.41) is 0. The maximum Gasteiger partial charge on any atom is 0.250 e. The summed E-state index contributed by atoms with van der Waals surface area (Å²) in [5.41, 5.74) is 0.611. The van der Waals surface area contributed by atoms with Crippen LogP contribution in [-0.2, 0) is 16.6 Å². The number of carbonyl (C=O) groups is 1. The van der Waals surface area contributed by atoms with Gasteiger partial charge in [-0.1, -0.05) is 41.9 Å². The van der Waals surface area contributed by atoms with E-state index >= 15 is 0 Å². The molecule has 2 aromatic heterocycles. The molecule has 3 aromatic rings. The van der Waals surface area contributed by atoms with Gasteiger partial charge in [-0.05, 0) is 24.3 Å². The molecule has 24 heavy (non-hydrogen) atoms. The first-order valence-corrected chi connectivity index (χ1v) is 10.4. The summed E-state index contributed by atoms with van der Waals surface area (Å²) in [5.74, 6) is -0.0697. The van der Waals surface area contributed by atoms with E-state index in [0.717, 1.165) is 16.2 Å². The lowest BCUT2D eigenvalue weighted by Crippen LogP contribution is -2.21. The van der Waals surface area contributed by atoms with E-state index in [1.807, 2.05) is 18.2 Å². The second kappa shape index (κ2) is 7.16. The highest BCUT2D eigenvalue weighted by molar-refractivity contribution is 7.91. The fraction of sp³-hybridized carbons (Fsp3) is 0.0625. The summed E-state index contributed by atoms with van der Waals surface area (Å²) < 4.78 is 27.4. The molecule has 0 radical (unpaired) electrons. The van der Waals surface area contributed by atoms with Crippen LogP contribution in [0, 0.1) is 0 Å². The van der Waals surface area contributed by atoms with Gasteiger partial charge in [0.15, 0.2) is 0 Å². The molecule has 0 atom stereocenters. The topological polar surface area (TPSA) is 63.2 Å². The zero-order valence-corrected chi connectivity index (χ0v) is 15.4. The van der Waals surface area contributed by atoms with Crippen LogP contribution in [0.3, 0.4) is 0 Å². The van der Waals surface area contributed by atoms with Crippen molar-refractivity contribution in [1.82, 2.24) is 4.72 Å². The van der Waals surface area contributed by atoms with Crippen LogP contribution >= 0.6 is 34.3 Å². The number of thiophene rings is 2. The number of ketones is 1. The third-order valence-electron chi connectivity index (χ3n) is 3.17. The molecule has 0 saturated heterocycles. The van der Waals surface area contributed by atoms with Gasteiger partial charge in [0.05, 0.1) is 9.21 Å². The minimum absolute atomic E-state index is 0.0697. The zero-order chi connectivity index (χ0) is 17.2. The highest BCUT2D eigenvalue weighted by Gasteiger charge is 2.17. The highest BCUT2D eigenvalue weighted by atomic mass is 35.5. The fourth-order valence-electron chi connectivity index (χ4n) is 2.01. The van der Waals surface area contributed by atoms with Gasteiger partial charge >= 0.3 is 0 Å². The van der Waals surface area contributed by atoms with Crippen LogP contribution < -0.4 is 4.72 Å². The molecule has 1 N–H and O–H groups in total. The lowest BCUT2D eigenvalue weighted by atomic mass is 10.1. The van der Waals surface area contributed by atoms with Crippen molar-refractivity contribution in [2.24, 2.45) is 0 Å². The van der Waals surface area contributed by atoms with Crippen LogP contribution in [0.25, 0.3) is 0 Å². The van der Waals surface area contributed by atoms with E-state index in [1.165, 1.54) is 17.4 Å². The Bertz CT molecular complexity index is 961. The molecule has 4 nitrogen and oxygen atoms in total. The lowest BCUT2D eigenvalue weighted by Gasteiger charge is -2.02. The first kappa shape index (κ1) is 17.3. The van der Waals surface area contributed by atoms with Crippen LogP contribution in [0.5, 0.6) is 0 Å². The van der Waals surface area contributed by atoms with E-state index in [0.29, 0.717) is 14.8 Å². The second-order valence-corrected chi connectivity index (χ2v) is 9.72. The van der Waals surface area contributed by atoms with Crippen molar-refractivity contribution in [2.45, 2.75) is 10.8 Å². The van der Waals surface area contributed by atoms with Crippen molar-refractivity contribution < 1.29 is 13.2 Å². The van der Waals surface area contributed by atoms with Gasteiger partial charge in [-0.15, -0.1) is 22.7 Å². The van der Waals surface area contributed by atoms with Crippen molar-refractivity contribution in [3.8, 4) is 0 Å². The third kappa shape index (κ3) is 3.93. The molecule has 0 amide bonds. The molecular formula is C16H12ClNO3S3. The largest absolute Gasteiger partial charge is 0.288 e. The van der Waals surface area contributed by atoms with Crippen LogP contribution in [0.1, 0.15) is 20.1 Å². The van der Waals surface area contributed by atoms with Gasteiger partial charge in [0.1, 0.15) is 4.21 Å². The lowest BCUT2D eigenvalue weighted by molar-refractivity contribution is 0.104. The molecule has 0 unspecified atom stereocenters. The highest BCUT2D eigenvalue weighted by Crippen LogP contribution is 2.26. The number of sulfonamides is 1. The van der Waals surface area contributed by atoms with Gasteiger partial charge < -0.3 is 0 Å². The molecule has 0 aliphatic rings.